The van der Waals surface area contributed by atoms with Crippen LogP contribution in [0.25, 0.3) is 11.5 Å². The van der Waals surface area contributed by atoms with Crippen LogP contribution in [0, 0.1) is 5.92 Å². The third-order valence-electron chi connectivity index (χ3n) is 4.30. The van der Waals surface area contributed by atoms with Gasteiger partial charge in [-0.1, -0.05) is 13.0 Å². The average molecular weight is 314 g/mol. The number of hydrogen-bond donors (Lipinski definition) is 2. The van der Waals surface area contributed by atoms with Crippen LogP contribution >= 0.6 is 0 Å². The number of aliphatic hydroxyl groups is 2. The van der Waals surface area contributed by atoms with Gasteiger partial charge in [-0.3, -0.25) is 4.98 Å². The smallest absolute Gasteiger partial charge is 0.180 e. The first-order valence-electron chi connectivity index (χ1n) is 8.04. The topological polar surface area (TPSA) is 82.4 Å². The first-order valence-corrected chi connectivity index (χ1v) is 8.04. The summed E-state index contributed by atoms with van der Waals surface area (Å²) in [5.74, 6) is 1.38. The van der Waals surface area contributed by atoms with E-state index < -0.39 is 6.10 Å². The van der Waals surface area contributed by atoms with Gasteiger partial charge < -0.3 is 15.1 Å². The molecular weight excluding hydrogens is 292 g/mol. The zero-order chi connectivity index (χ0) is 16.2. The van der Waals surface area contributed by atoms with Crippen molar-refractivity contribution in [1.29, 1.82) is 0 Å². The highest BCUT2D eigenvalue weighted by atomic mass is 16.3. The molecule has 0 spiro atoms. The SMILES string of the molecule is CCc1cc(N2CC[C@@H](CO)[C@@H](O)C2)nc(-c2ccccn2)n1. The second-order valence-electron chi connectivity index (χ2n) is 5.85. The Bertz CT molecular complexity index is 650. The number of piperidine rings is 1. The second kappa shape index (κ2) is 7.02. The Hall–Kier alpha value is -2.05. The Kier molecular flexibility index (Phi) is 4.83. The van der Waals surface area contributed by atoms with Crippen molar-refractivity contribution in [2.45, 2.75) is 25.9 Å². The lowest BCUT2D eigenvalue weighted by Crippen LogP contribution is -2.45. The minimum absolute atomic E-state index is 0.0260. The van der Waals surface area contributed by atoms with Crippen molar-refractivity contribution in [3.05, 3.63) is 36.2 Å². The van der Waals surface area contributed by atoms with Crippen molar-refractivity contribution in [3.8, 4) is 11.5 Å². The number of aryl methyl sites for hydroxylation is 1. The van der Waals surface area contributed by atoms with Crippen LogP contribution in [0.1, 0.15) is 19.0 Å². The summed E-state index contributed by atoms with van der Waals surface area (Å²) >= 11 is 0. The summed E-state index contributed by atoms with van der Waals surface area (Å²) in [6, 6.07) is 7.65. The van der Waals surface area contributed by atoms with E-state index in [2.05, 4.69) is 26.8 Å². The molecule has 0 amide bonds. The molecule has 1 aliphatic heterocycles. The monoisotopic (exact) mass is 314 g/mol. The van der Waals surface area contributed by atoms with E-state index >= 15 is 0 Å². The molecule has 3 heterocycles. The molecule has 0 radical (unpaired) electrons. The van der Waals surface area contributed by atoms with E-state index in [9.17, 15) is 10.2 Å². The van der Waals surface area contributed by atoms with E-state index in [0.717, 1.165) is 36.6 Å². The first kappa shape index (κ1) is 15.8. The lowest BCUT2D eigenvalue weighted by atomic mass is 9.95. The minimum atomic E-state index is -0.535. The molecule has 0 aliphatic carbocycles. The van der Waals surface area contributed by atoms with E-state index in [1.807, 2.05) is 24.3 Å². The van der Waals surface area contributed by atoms with Crippen LogP contribution in [-0.2, 0) is 6.42 Å². The molecule has 0 unspecified atom stereocenters. The van der Waals surface area contributed by atoms with Gasteiger partial charge in [0.1, 0.15) is 11.5 Å². The fourth-order valence-corrected chi connectivity index (χ4v) is 2.84. The van der Waals surface area contributed by atoms with E-state index in [4.69, 9.17) is 0 Å². The average Bonchev–Trinajstić information content (AvgIpc) is 2.62. The number of aliphatic hydroxyl groups excluding tert-OH is 2. The number of pyridine rings is 1. The number of nitrogens with zero attached hydrogens (tertiary/aromatic N) is 4. The molecule has 0 aromatic carbocycles. The summed E-state index contributed by atoms with van der Waals surface area (Å²) in [6.45, 7) is 3.33. The summed E-state index contributed by atoms with van der Waals surface area (Å²) in [6.07, 6.45) is 2.76. The van der Waals surface area contributed by atoms with Crippen molar-refractivity contribution >= 4 is 5.82 Å². The van der Waals surface area contributed by atoms with E-state index in [1.54, 1.807) is 6.20 Å². The maximum absolute atomic E-state index is 10.2. The van der Waals surface area contributed by atoms with Crippen molar-refractivity contribution in [2.24, 2.45) is 5.92 Å². The Morgan fingerprint density at radius 1 is 1.30 bits per heavy atom. The molecule has 2 aromatic heterocycles. The molecule has 2 aromatic rings. The summed E-state index contributed by atoms with van der Waals surface area (Å²) in [7, 11) is 0. The summed E-state index contributed by atoms with van der Waals surface area (Å²) in [5.41, 5.74) is 1.70. The third kappa shape index (κ3) is 3.48. The van der Waals surface area contributed by atoms with Crippen LogP contribution < -0.4 is 4.90 Å². The number of hydrogen-bond acceptors (Lipinski definition) is 6. The van der Waals surface area contributed by atoms with Crippen molar-refractivity contribution in [1.82, 2.24) is 15.0 Å². The largest absolute Gasteiger partial charge is 0.396 e. The van der Waals surface area contributed by atoms with Gasteiger partial charge in [0.25, 0.3) is 0 Å². The normalized spacial score (nSPS) is 21.4. The molecule has 6 heteroatoms. The minimum Gasteiger partial charge on any atom is -0.396 e. The molecule has 2 atom stereocenters. The predicted octanol–water partition coefficient (Wildman–Crippen LogP) is 1.28. The summed E-state index contributed by atoms with van der Waals surface area (Å²) in [4.78, 5) is 15.6. The molecular formula is C17H22N4O2. The molecule has 3 rings (SSSR count). The highest BCUT2D eigenvalue weighted by Gasteiger charge is 2.28. The van der Waals surface area contributed by atoms with Crippen LogP contribution in [0.5, 0.6) is 0 Å². The van der Waals surface area contributed by atoms with E-state index in [0.29, 0.717) is 12.4 Å². The fourth-order valence-electron chi connectivity index (χ4n) is 2.84. The zero-order valence-electron chi connectivity index (χ0n) is 13.3. The van der Waals surface area contributed by atoms with E-state index in [-0.39, 0.29) is 12.5 Å². The molecule has 1 fully saturated rings. The van der Waals surface area contributed by atoms with Crippen molar-refractivity contribution in [2.75, 3.05) is 24.6 Å². The highest BCUT2D eigenvalue weighted by Crippen LogP contribution is 2.24. The Morgan fingerprint density at radius 2 is 2.17 bits per heavy atom. The van der Waals surface area contributed by atoms with Crippen molar-refractivity contribution < 1.29 is 10.2 Å². The number of β-amino-alcohol motifs (C(OH)–C–C–N with tert-alkyl or cyclic N) is 1. The lowest BCUT2D eigenvalue weighted by molar-refractivity contribution is 0.0546. The molecule has 23 heavy (non-hydrogen) atoms. The van der Waals surface area contributed by atoms with Gasteiger partial charge in [-0.15, -0.1) is 0 Å². The van der Waals surface area contributed by atoms with Gasteiger partial charge in [-0.2, -0.15) is 0 Å². The van der Waals surface area contributed by atoms with Gasteiger partial charge in [0, 0.05) is 43.6 Å². The molecule has 6 nitrogen and oxygen atoms in total. The third-order valence-corrected chi connectivity index (χ3v) is 4.30. The van der Waals surface area contributed by atoms with Gasteiger partial charge in [-0.25, -0.2) is 9.97 Å². The van der Waals surface area contributed by atoms with Gasteiger partial charge >= 0.3 is 0 Å². The van der Waals surface area contributed by atoms with Crippen molar-refractivity contribution in [3.63, 3.8) is 0 Å². The Balaban J connectivity index is 1.90. The van der Waals surface area contributed by atoms with E-state index in [1.165, 1.54) is 0 Å². The first-order chi connectivity index (χ1) is 11.2. The number of anilines is 1. The number of rotatable bonds is 4. The molecule has 0 bridgehead atoms. The predicted molar refractivity (Wildman–Crippen MR) is 88.1 cm³/mol. The van der Waals surface area contributed by atoms with Gasteiger partial charge in [0.15, 0.2) is 5.82 Å². The van der Waals surface area contributed by atoms with Crippen LogP contribution in [0.4, 0.5) is 5.82 Å². The molecule has 2 N–H and O–H groups in total. The van der Waals surface area contributed by atoms with Crippen LogP contribution in [0.15, 0.2) is 30.5 Å². The Morgan fingerprint density at radius 3 is 2.83 bits per heavy atom. The molecule has 1 aliphatic rings. The van der Waals surface area contributed by atoms with Crippen LogP contribution in [0.3, 0.4) is 0 Å². The number of aromatic nitrogens is 3. The summed E-state index contributed by atoms with van der Waals surface area (Å²) < 4.78 is 0. The maximum Gasteiger partial charge on any atom is 0.180 e. The standard InChI is InChI=1S/C17H22N4O2/c1-2-13-9-16(21-8-6-12(11-22)15(23)10-21)20-17(19-13)14-5-3-4-7-18-14/h3-5,7,9,12,15,22-23H,2,6,8,10-11H2,1H3/t12-,15-/m0/s1. The lowest BCUT2D eigenvalue weighted by Gasteiger charge is -2.36. The molecule has 122 valence electrons. The maximum atomic E-state index is 10.2. The fraction of sp³-hybridized carbons (Fsp3) is 0.471. The zero-order valence-corrected chi connectivity index (χ0v) is 13.3. The molecule has 1 saturated heterocycles. The van der Waals surface area contributed by atoms with Gasteiger partial charge in [0.2, 0.25) is 0 Å². The Labute approximate surface area is 135 Å². The molecule has 0 saturated carbocycles. The van der Waals surface area contributed by atoms with Gasteiger partial charge in [-0.05, 0) is 25.0 Å². The van der Waals surface area contributed by atoms with Crippen LogP contribution in [-0.4, -0.2) is 51.0 Å². The highest BCUT2D eigenvalue weighted by molar-refractivity contribution is 5.54. The van der Waals surface area contributed by atoms with Gasteiger partial charge in [0.05, 0.1) is 6.10 Å². The second-order valence-corrected chi connectivity index (χ2v) is 5.85. The quantitative estimate of drug-likeness (QED) is 0.885. The summed E-state index contributed by atoms with van der Waals surface area (Å²) in [5, 5.41) is 19.4. The van der Waals surface area contributed by atoms with Crippen LogP contribution in [0.2, 0.25) is 0 Å².